The van der Waals surface area contributed by atoms with Gasteiger partial charge in [-0.15, -0.1) is 0 Å². The molecule has 1 aromatic rings. The summed E-state index contributed by atoms with van der Waals surface area (Å²) in [5, 5.41) is 7.78. The minimum absolute atomic E-state index is 0.199. The van der Waals surface area contributed by atoms with Crippen molar-refractivity contribution < 1.29 is 9.53 Å². The highest BCUT2D eigenvalue weighted by atomic mass is 16.6. The molecule has 1 aliphatic heterocycles. The number of ether oxygens (including phenoxy) is 1. The van der Waals surface area contributed by atoms with Crippen molar-refractivity contribution in [3.05, 3.63) is 11.9 Å². The van der Waals surface area contributed by atoms with Crippen LogP contribution < -0.4 is 5.32 Å². The SMILES string of the molecule is Cc1nn(C)cc1NCC1CCCN(C(=O)OC(C)(C)C)C1. The van der Waals surface area contributed by atoms with E-state index in [4.69, 9.17) is 4.74 Å². The van der Waals surface area contributed by atoms with E-state index in [0.29, 0.717) is 5.92 Å². The van der Waals surface area contributed by atoms with Crippen LogP contribution in [0.2, 0.25) is 0 Å². The fourth-order valence-electron chi connectivity index (χ4n) is 2.75. The first-order valence-corrected chi connectivity index (χ1v) is 7.96. The molecule has 124 valence electrons. The summed E-state index contributed by atoms with van der Waals surface area (Å²) in [4.78, 5) is 14.0. The largest absolute Gasteiger partial charge is 0.444 e. The molecule has 6 nitrogen and oxygen atoms in total. The molecular weight excluding hydrogens is 280 g/mol. The lowest BCUT2D eigenvalue weighted by molar-refractivity contribution is 0.0172. The quantitative estimate of drug-likeness (QED) is 0.933. The number of nitrogens with zero attached hydrogens (tertiary/aromatic N) is 3. The van der Waals surface area contributed by atoms with Crippen molar-refractivity contribution in [2.24, 2.45) is 13.0 Å². The summed E-state index contributed by atoms with van der Waals surface area (Å²) in [6.45, 7) is 10.1. The Bertz CT molecular complexity index is 519. The van der Waals surface area contributed by atoms with Gasteiger partial charge in [0, 0.05) is 32.9 Å². The van der Waals surface area contributed by atoms with Crippen LogP contribution in [-0.4, -0.2) is 46.0 Å². The number of anilines is 1. The predicted molar refractivity (Wildman–Crippen MR) is 87.0 cm³/mol. The highest BCUT2D eigenvalue weighted by Crippen LogP contribution is 2.20. The molecule has 0 radical (unpaired) electrons. The second-order valence-corrected chi connectivity index (χ2v) is 7.12. The van der Waals surface area contributed by atoms with Crippen molar-refractivity contribution in [3.63, 3.8) is 0 Å². The van der Waals surface area contributed by atoms with E-state index in [2.05, 4.69) is 10.4 Å². The zero-order chi connectivity index (χ0) is 16.3. The van der Waals surface area contributed by atoms with Crippen molar-refractivity contribution in [1.29, 1.82) is 0 Å². The molecule has 1 fully saturated rings. The molecule has 2 rings (SSSR count). The zero-order valence-electron chi connectivity index (χ0n) is 14.3. The standard InChI is InChI=1S/C16H28N4O2/c1-12-14(11-19(5)18-12)17-9-13-7-6-8-20(10-13)15(21)22-16(2,3)4/h11,13,17H,6-10H2,1-5H3. The maximum Gasteiger partial charge on any atom is 0.410 e. The summed E-state index contributed by atoms with van der Waals surface area (Å²) in [6.07, 6.45) is 3.95. The van der Waals surface area contributed by atoms with Crippen molar-refractivity contribution >= 4 is 11.8 Å². The number of piperidine rings is 1. The highest BCUT2D eigenvalue weighted by Gasteiger charge is 2.27. The summed E-state index contributed by atoms with van der Waals surface area (Å²) in [5.41, 5.74) is 1.63. The maximum absolute atomic E-state index is 12.2. The highest BCUT2D eigenvalue weighted by molar-refractivity contribution is 5.68. The molecule has 1 N–H and O–H groups in total. The normalized spacial score (nSPS) is 19.1. The van der Waals surface area contributed by atoms with Crippen LogP contribution in [0.3, 0.4) is 0 Å². The summed E-state index contributed by atoms with van der Waals surface area (Å²) in [7, 11) is 1.92. The summed E-state index contributed by atoms with van der Waals surface area (Å²) in [5.74, 6) is 0.445. The monoisotopic (exact) mass is 308 g/mol. The number of aryl methyl sites for hydroxylation is 2. The molecule has 1 unspecified atom stereocenters. The van der Waals surface area contributed by atoms with Gasteiger partial charge in [-0.1, -0.05) is 0 Å². The molecule has 0 bridgehead atoms. The Labute approximate surface area is 132 Å². The van der Waals surface area contributed by atoms with Gasteiger partial charge in [0.15, 0.2) is 0 Å². The van der Waals surface area contributed by atoms with E-state index in [1.54, 1.807) is 0 Å². The third kappa shape index (κ3) is 4.64. The number of rotatable bonds is 3. The zero-order valence-corrected chi connectivity index (χ0v) is 14.3. The smallest absolute Gasteiger partial charge is 0.410 e. The van der Waals surface area contributed by atoms with Gasteiger partial charge in [-0.05, 0) is 46.5 Å². The second-order valence-electron chi connectivity index (χ2n) is 7.12. The Morgan fingerprint density at radius 1 is 1.50 bits per heavy atom. The number of nitrogens with one attached hydrogen (secondary N) is 1. The van der Waals surface area contributed by atoms with Crippen LogP contribution >= 0.6 is 0 Å². The van der Waals surface area contributed by atoms with Crippen molar-refractivity contribution in [2.75, 3.05) is 25.0 Å². The average Bonchev–Trinajstić information content (AvgIpc) is 2.73. The minimum atomic E-state index is -0.435. The molecule has 1 aliphatic rings. The lowest BCUT2D eigenvalue weighted by atomic mass is 9.98. The van der Waals surface area contributed by atoms with E-state index >= 15 is 0 Å². The molecule has 2 heterocycles. The van der Waals surface area contributed by atoms with E-state index in [9.17, 15) is 4.79 Å². The second kappa shape index (κ2) is 6.58. The number of amides is 1. The Hall–Kier alpha value is -1.72. The molecule has 1 amide bonds. The lowest BCUT2D eigenvalue weighted by Gasteiger charge is -2.34. The lowest BCUT2D eigenvalue weighted by Crippen LogP contribution is -2.44. The molecule has 6 heteroatoms. The van der Waals surface area contributed by atoms with Gasteiger partial charge in [0.2, 0.25) is 0 Å². The summed E-state index contributed by atoms with van der Waals surface area (Å²) >= 11 is 0. The Kier molecular flexibility index (Phi) is 4.98. The fraction of sp³-hybridized carbons (Fsp3) is 0.750. The van der Waals surface area contributed by atoms with Gasteiger partial charge in [0.1, 0.15) is 5.60 Å². The minimum Gasteiger partial charge on any atom is -0.444 e. The fourth-order valence-corrected chi connectivity index (χ4v) is 2.75. The number of likely N-dealkylation sites (tertiary alicyclic amines) is 1. The molecule has 0 spiro atoms. The van der Waals surface area contributed by atoms with E-state index in [1.807, 2.05) is 50.5 Å². The molecule has 0 saturated carbocycles. The average molecular weight is 308 g/mol. The van der Waals surface area contributed by atoms with Crippen LogP contribution in [-0.2, 0) is 11.8 Å². The predicted octanol–water partition coefficient (Wildman–Crippen LogP) is 2.79. The van der Waals surface area contributed by atoms with Crippen LogP contribution in [0.4, 0.5) is 10.5 Å². The molecule has 1 aromatic heterocycles. The first-order chi connectivity index (χ1) is 10.2. The number of hydrogen-bond acceptors (Lipinski definition) is 4. The molecular formula is C16H28N4O2. The molecule has 1 saturated heterocycles. The third-order valence-electron chi connectivity index (χ3n) is 3.77. The van der Waals surface area contributed by atoms with E-state index in [-0.39, 0.29) is 6.09 Å². The topological polar surface area (TPSA) is 59.4 Å². The number of carbonyl (C=O) groups is 1. The van der Waals surface area contributed by atoms with Gasteiger partial charge in [-0.3, -0.25) is 4.68 Å². The molecule has 22 heavy (non-hydrogen) atoms. The van der Waals surface area contributed by atoms with Crippen molar-refractivity contribution in [1.82, 2.24) is 14.7 Å². The van der Waals surface area contributed by atoms with Gasteiger partial charge in [-0.2, -0.15) is 5.10 Å². The van der Waals surface area contributed by atoms with Gasteiger partial charge < -0.3 is 15.0 Å². The number of carbonyl (C=O) groups excluding carboxylic acids is 1. The Morgan fingerprint density at radius 3 is 2.82 bits per heavy atom. The number of hydrogen-bond donors (Lipinski definition) is 1. The van der Waals surface area contributed by atoms with Gasteiger partial charge in [0.25, 0.3) is 0 Å². The van der Waals surface area contributed by atoms with E-state index in [0.717, 1.165) is 43.9 Å². The van der Waals surface area contributed by atoms with Gasteiger partial charge in [-0.25, -0.2) is 4.79 Å². The van der Waals surface area contributed by atoms with Crippen molar-refractivity contribution in [3.8, 4) is 0 Å². The van der Waals surface area contributed by atoms with E-state index in [1.165, 1.54) is 0 Å². The van der Waals surface area contributed by atoms with Crippen LogP contribution in [0, 0.1) is 12.8 Å². The van der Waals surface area contributed by atoms with Crippen LogP contribution in [0.1, 0.15) is 39.3 Å². The Balaban J connectivity index is 1.85. The van der Waals surface area contributed by atoms with Gasteiger partial charge in [0.05, 0.1) is 11.4 Å². The molecule has 0 aromatic carbocycles. The molecule has 0 aliphatic carbocycles. The van der Waals surface area contributed by atoms with Crippen LogP contribution in [0.25, 0.3) is 0 Å². The van der Waals surface area contributed by atoms with Gasteiger partial charge >= 0.3 is 6.09 Å². The maximum atomic E-state index is 12.2. The molecule has 1 atom stereocenters. The third-order valence-corrected chi connectivity index (χ3v) is 3.77. The first-order valence-electron chi connectivity index (χ1n) is 7.96. The summed E-state index contributed by atoms with van der Waals surface area (Å²) < 4.78 is 7.28. The number of aromatic nitrogens is 2. The van der Waals surface area contributed by atoms with Crippen LogP contribution in [0.5, 0.6) is 0 Å². The summed E-state index contributed by atoms with van der Waals surface area (Å²) in [6, 6.07) is 0. The first kappa shape index (κ1) is 16.6. The van der Waals surface area contributed by atoms with Crippen molar-refractivity contribution in [2.45, 2.75) is 46.1 Å². The van der Waals surface area contributed by atoms with E-state index < -0.39 is 5.60 Å². The Morgan fingerprint density at radius 2 is 2.23 bits per heavy atom. The van der Waals surface area contributed by atoms with Crippen LogP contribution in [0.15, 0.2) is 6.20 Å².